The molecule has 0 aliphatic heterocycles. The number of hydrogen-bond acceptors (Lipinski definition) is 3. The molecule has 0 fully saturated rings. The van der Waals surface area contributed by atoms with Crippen LogP contribution in [0.15, 0.2) is 30.3 Å². The molecule has 0 radical (unpaired) electrons. The van der Waals surface area contributed by atoms with E-state index in [0.717, 1.165) is 41.3 Å². The van der Waals surface area contributed by atoms with Crippen molar-refractivity contribution in [3.63, 3.8) is 0 Å². The van der Waals surface area contributed by atoms with Gasteiger partial charge in [-0.3, -0.25) is 4.98 Å². The van der Waals surface area contributed by atoms with Crippen LogP contribution in [0.25, 0.3) is 0 Å². The van der Waals surface area contributed by atoms with E-state index in [9.17, 15) is 0 Å². The van der Waals surface area contributed by atoms with Gasteiger partial charge < -0.3 is 10.5 Å². The van der Waals surface area contributed by atoms with Crippen molar-refractivity contribution in [1.82, 2.24) is 4.98 Å². The second kappa shape index (κ2) is 6.92. The number of benzene rings is 1. The Morgan fingerprint density at radius 2 is 1.95 bits per heavy atom. The molecule has 0 bridgehead atoms. The predicted octanol–water partition coefficient (Wildman–Crippen LogP) is 4.29. The van der Waals surface area contributed by atoms with E-state index in [0.29, 0.717) is 5.02 Å². The molecule has 0 amide bonds. The molecule has 1 atom stereocenters. The molecule has 1 aromatic carbocycles. The number of aromatic nitrogens is 1. The van der Waals surface area contributed by atoms with E-state index in [4.69, 9.17) is 22.1 Å². The van der Waals surface area contributed by atoms with Crippen LogP contribution in [0.3, 0.4) is 0 Å². The van der Waals surface area contributed by atoms with Gasteiger partial charge in [0.25, 0.3) is 0 Å². The molecule has 2 aromatic rings. The Balaban J connectivity index is 2.35. The molecule has 0 aliphatic rings. The zero-order chi connectivity index (χ0) is 15.4. The summed E-state index contributed by atoms with van der Waals surface area (Å²) in [6.45, 7) is 6.02. The number of halogens is 1. The normalized spacial score (nSPS) is 12.2. The molecule has 112 valence electrons. The second-order valence-corrected chi connectivity index (χ2v) is 5.72. The zero-order valence-electron chi connectivity index (χ0n) is 12.7. The Bertz CT molecular complexity index is 626. The van der Waals surface area contributed by atoms with E-state index in [1.807, 2.05) is 44.2 Å². The van der Waals surface area contributed by atoms with Crippen LogP contribution in [0.1, 0.15) is 30.8 Å². The minimum Gasteiger partial charge on any atom is -0.455 e. The lowest BCUT2D eigenvalue weighted by Crippen LogP contribution is -2.18. The third kappa shape index (κ3) is 4.19. The summed E-state index contributed by atoms with van der Waals surface area (Å²) in [5.41, 5.74) is 8.86. The van der Waals surface area contributed by atoms with Gasteiger partial charge in [-0.05, 0) is 62.6 Å². The SMILES string of the molecule is CCc1nc(C)ccc1Oc1ccc(Cl)cc1CC(C)N. The molecule has 0 spiro atoms. The molecule has 0 saturated heterocycles. The topological polar surface area (TPSA) is 48.1 Å². The number of pyridine rings is 1. The monoisotopic (exact) mass is 304 g/mol. The van der Waals surface area contributed by atoms with Crippen LogP contribution in [-0.4, -0.2) is 11.0 Å². The summed E-state index contributed by atoms with van der Waals surface area (Å²) < 4.78 is 6.07. The van der Waals surface area contributed by atoms with Crippen molar-refractivity contribution in [3.05, 3.63) is 52.3 Å². The Labute approximate surface area is 131 Å². The number of ether oxygens (including phenoxy) is 1. The quantitative estimate of drug-likeness (QED) is 0.896. The molecule has 3 nitrogen and oxygen atoms in total. The molecular weight excluding hydrogens is 284 g/mol. The summed E-state index contributed by atoms with van der Waals surface area (Å²) in [5, 5.41) is 0.691. The lowest BCUT2D eigenvalue weighted by molar-refractivity contribution is 0.464. The summed E-state index contributed by atoms with van der Waals surface area (Å²) in [5.74, 6) is 1.58. The first-order valence-electron chi connectivity index (χ1n) is 7.18. The van der Waals surface area contributed by atoms with Gasteiger partial charge in [0.2, 0.25) is 0 Å². The van der Waals surface area contributed by atoms with E-state index in [2.05, 4.69) is 11.9 Å². The molecule has 4 heteroatoms. The Morgan fingerprint density at radius 1 is 1.24 bits per heavy atom. The van der Waals surface area contributed by atoms with Crippen LogP contribution in [0.4, 0.5) is 0 Å². The van der Waals surface area contributed by atoms with Gasteiger partial charge in [-0.2, -0.15) is 0 Å². The van der Waals surface area contributed by atoms with E-state index in [1.165, 1.54) is 0 Å². The molecule has 0 aliphatic carbocycles. The smallest absolute Gasteiger partial charge is 0.148 e. The van der Waals surface area contributed by atoms with Crippen LogP contribution in [0, 0.1) is 6.92 Å². The van der Waals surface area contributed by atoms with E-state index in [1.54, 1.807) is 0 Å². The standard InChI is InChI=1S/C17H21ClN2O/c1-4-15-17(7-5-12(3)20-15)21-16-8-6-14(18)10-13(16)9-11(2)19/h5-8,10-11H,4,9,19H2,1-3H3. The lowest BCUT2D eigenvalue weighted by Gasteiger charge is -2.15. The lowest BCUT2D eigenvalue weighted by atomic mass is 10.1. The fourth-order valence-electron chi connectivity index (χ4n) is 2.22. The van der Waals surface area contributed by atoms with Gasteiger partial charge in [0.15, 0.2) is 0 Å². The maximum atomic E-state index is 6.07. The minimum atomic E-state index is 0.0487. The Hall–Kier alpha value is -1.58. The van der Waals surface area contributed by atoms with Crippen LogP contribution in [0.2, 0.25) is 5.02 Å². The first kappa shape index (κ1) is 15.8. The summed E-state index contributed by atoms with van der Waals surface area (Å²) in [6, 6.07) is 9.59. The molecule has 21 heavy (non-hydrogen) atoms. The van der Waals surface area contributed by atoms with Crippen molar-refractivity contribution in [2.24, 2.45) is 5.73 Å². The van der Waals surface area contributed by atoms with E-state index in [-0.39, 0.29) is 6.04 Å². The minimum absolute atomic E-state index is 0.0487. The Morgan fingerprint density at radius 3 is 2.62 bits per heavy atom. The maximum absolute atomic E-state index is 6.07. The van der Waals surface area contributed by atoms with E-state index < -0.39 is 0 Å². The van der Waals surface area contributed by atoms with Crippen molar-refractivity contribution >= 4 is 11.6 Å². The van der Waals surface area contributed by atoms with Crippen molar-refractivity contribution in [3.8, 4) is 11.5 Å². The second-order valence-electron chi connectivity index (χ2n) is 5.29. The average Bonchev–Trinajstić information content (AvgIpc) is 2.42. The number of hydrogen-bond donors (Lipinski definition) is 1. The third-order valence-corrected chi connectivity index (χ3v) is 3.43. The van der Waals surface area contributed by atoms with Crippen LogP contribution in [0.5, 0.6) is 11.5 Å². The Kier molecular flexibility index (Phi) is 5.21. The molecule has 1 heterocycles. The van der Waals surface area contributed by atoms with Gasteiger partial charge in [0.05, 0.1) is 5.69 Å². The number of aryl methyl sites for hydroxylation is 2. The summed E-state index contributed by atoms with van der Waals surface area (Å²) in [4.78, 5) is 4.52. The van der Waals surface area contributed by atoms with Gasteiger partial charge in [0, 0.05) is 16.8 Å². The van der Waals surface area contributed by atoms with Crippen molar-refractivity contribution < 1.29 is 4.74 Å². The average molecular weight is 305 g/mol. The molecule has 2 N–H and O–H groups in total. The van der Waals surface area contributed by atoms with Gasteiger partial charge in [-0.15, -0.1) is 0 Å². The molecule has 1 unspecified atom stereocenters. The van der Waals surface area contributed by atoms with Crippen molar-refractivity contribution in [2.75, 3.05) is 0 Å². The summed E-state index contributed by atoms with van der Waals surface area (Å²) in [6.07, 6.45) is 1.55. The van der Waals surface area contributed by atoms with Gasteiger partial charge in [-0.25, -0.2) is 0 Å². The van der Waals surface area contributed by atoms with Crippen molar-refractivity contribution in [2.45, 2.75) is 39.7 Å². The van der Waals surface area contributed by atoms with Gasteiger partial charge in [0.1, 0.15) is 11.5 Å². The van der Waals surface area contributed by atoms with Crippen LogP contribution in [-0.2, 0) is 12.8 Å². The first-order valence-corrected chi connectivity index (χ1v) is 7.55. The first-order chi connectivity index (χ1) is 9.99. The number of nitrogens with two attached hydrogens (primary N) is 1. The molecular formula is C17H21ClN2O. The van der Waals surface area contributed by atoms with Crippen molar-refractivity contribution in [1.29, 1.82) is 0 Å². The third-order valence-electron chi connectivity index (χ3n) is 3.19. The fraction of sp³-hybridized carbons (Fsp3) is 0.353. The largest absolute Gasteiger partial charge is 0.455 e. The van der Waals surface area contributed by atoms with E-state index >= 15 is 0 Å². The summed E-state index contributed by atoms with van der Waals surface area (Å²) in [7, 11) is 0. The highest BCUT2D eigenvalue weighted by Crippen LogP contribution is 2.30. The molecule has 1 aromatic heterocycles. The molecule has 2 rings (SSSR count). The fourth-order valence-corrected chi connectivity index (χ4v) is 2.41. The van der Waals surface area contributed by atoms with Gasteiger partial charge in [-0.1, -0.05) is 18.5 Å². The predicted molar refractivity (Wildman–Crippen MR) is 87.2 cm³/mol. The maximum Gasteiger partial charge on any atom is 0.148 e. The zero-order valence-corrected chi connectivity index (χ0v) is 13.4. The number of nitrogens with zero attached hydrogens (tertiary/aromatic N) is 1. The highest BCUT2D eigenvalue weighted by molar-refractivity contribution is 6.30. The number of rotatable bonds is 5. The molecule has 0 saturated carbocycles. The highest BCUT2D eigenvalue weighted by atomic mass is 35.5. The van der Waals surface area contributed by atoms with Gasteiger partial charge >= 0.3 is 0 Å². The highest BCUT2D eigenvalue weighted by Gasteiger charge is 2.11. The summed E-state index contributed by atoms with van der Waals surface area (Å²) >= 11 is 6.07. The van der Waals surface area contributed by atoms with Crippen LogP contribution >= 0.6 is 11.6 Å². The van der Waals surface area contributed by atoms with Crippen LogP contribution < -0.4 is 10.5 Å².